The van der Waals surface area contributed by atoms with Gasteiger partial charge in [-0.2, -0.15) is 5.10 Å². The lowest BCUT2D eigenvalue weighted by atomic mass is 10.2. The highest BCUT2D eigenvalue weighted by Crippen LogP contribution is 2.14. The molecule has 0 aromatic carbocycles. The van der Waals surface area contributed by atoms with Crippen molar-refractivity contribution in [1.82, 2.24) is 15.5 Å². The Morgan fingerprint density at radius 1 is 1.47 bits per heavy atom. The van der Waals surface area contributed by atoms with Crippen LogP contribution in [0.1, 0.15) is 18.5 Å². The molecule has 0 amide bonds. The van der Waals surface area contributed by atoms with Gasteiger partial charge < -0.3 is 5.32 Å². The molecule has 1 fully saturated rings. The van der Waals surface area contributed by atoms with Crippen LogP contribution in [0.2, 0.25) is 0 Å². The van der Waals surface area contributed by atoms with Gasteiger partial charge in [0.15, 0.2) is 0 Å². The summed E-state index contributed by atoms with van der Waals surface area (Å²) in [4.78, 5) is 0. The van der Waals surface area contributed by atoms with Crippen LogP contribution >= 0.6 is 0 Å². The number of nitrogens with zero attached hydrogens (tertiary/aromatic N) is 2. The summed E-state index contributed by atoms with van der Waals surface area (Å²) in [5.74, 6) is 0. The second-order valence-electron chi connectivity index (χ2n) is 3.78. The van der Waals surface area contributed by atoms with Crippen LogP contribution in [0.4, 0.5) is 0 Å². The Kier molecular flexibility index (Phi) is 3.43. The molecule has 1 N–H and O–H groups in total. The first-order valence-corrected chi connectivity index (χ1v) is 6.40. The lowest BCUT2D eigenvalue weighted by Crippen LogP contribution is -2.36. The van der Waals surface area contributed by atoms with Crippen molar-refractivity contribution in [3.05, 3.63) is 17.8 Å². The zero-order valence-corrected chi connectivity index (χ0v) is 9.59. The molecular formula is C10H15N3OS. The molecule has 1 aromatic rings. The van der Waals surface area contributed by atoms with Crippen LogP contribution in [0.5, 0.6) is 0 Å². The van der Waals surface area contributed by atoms with E-state index in [-0.39, 0.29) is 5.25 Å². The van der Waals surface area contributed by atoms with Gasteiger partial charge in [0.05, 0.1) is 21.7 Å². The molecule has 0 radical (unpaired) electrons. The number of hydrogen-bond acceptors (Lipinski definition) is 4. The quantitative estimate of drug-likeness (QED) is 0.802. The van der Waals surface area contributed by atoms with Crippen molar-refractivity contribution in [3.8, 4) is 0 Å². The Morgan fingerprint density at radius 2 is 2.33 bits per heavy atom. The van der Waals surface area contributed by atoms with Crippen molar-refractivity contribution < 1.29 is 4.21 Å². The minimum Gasteiger partial charge on any atom is -0.316 e. The van der Waals surface area contributed by atoms with Gasteiger partial charge >= 0.3 is 0 Å². The summed E-state index contributed by atoms with van der Waals surface area (Å²) in [6.45, 7) is 3.73. The predicted octanol–water partition coefficient (Wildman–Crippen LogP) is 0.645. The van der Waals surface area contributed by atoms with Gasteiger partial charge in [-0.3, -0.25) is 4.21 Å². The molecular weight excluding hydrogens is 210 g/mol. The van der Waals surface area contributed by atoms with E-state index in [1.54, 1.807) is 0 Å². The van der Waals surface area contributed by atoms with Crippen molar-refractivity contribution in [2.45, 2.75) is 30.0 Å². The third-order valence-corrected chi connectivity index (χ3v) is 4.17. The molecule has 0 spiro atoms. The third kappa shape index (κ3) is 2.60. The fourth-order valence-corrected chi connectivity index (χ4v) is 2.98. The van der Waals surface area contributed by atoms with Crippen LogP contribution in [-0.4, -0.2) is 32.7 Å². The maximum Gasteiger partial charge on any atom is 0.150 e. The maximum atomic E-state index is 12.1. The van der Waals surface area contributed by atoms with Gasteiger partial charge in [0.1, 0.15) is 5.03 Å². The molecule has 5 heteroatoms. The first-order valence-electron chi connectivity index (χ1n) is 5.19. The summed E-state index contributed by atoms with van der Waals surface area (Å²) < 4.78 is 12.1. The third-order valence-electron chi connectivity index (χ3n) is 2.53. The molecule has 2 heterocycles. The number of rotatable bonds is 2. The SMILES string of the molecule is Cc1ccc(S(=O)C2CCCNC2)nn1. The minimum absolute atomic E-state index is 0.191. The summed E-state index contributed by atoms with van der Waals surface area (Å²) in [5.41, 5.74) is 0.859. The highest BCUT2D eigenvalue weighted by atomic mass is 32.2. The molecule has 4 nitrogen and oxygen atoms in total. The van der Waals surface area contributed by atoms with Crippen LogP contribution in [0.3, 0.4) is 0 Å². The van der Waals surface area contributed by atoms with Gasteiger partial charge in [0.2, 0.25) is 0 Å². The monoisotopic (exact) mass is 225 g/mol. The molecule has 82 valence electrons. The maximum absolute atomic E-state index is 12.1. The molecule has 0 saturated carbocycles. The summed E-state index contributed by atoms with van der Waals surface area (Å²) >= 11 is 0. The molecule has 2 rings (SSSR count). The highest BCUT2D eigenvalue weighted by molar-refractivity contribution is 7.85. The standard InChI is InChI=1S/C10H15N3OS/c1-8-4-5-10(13-12-8)15(14)9-3-2-6-11-7-9/h4-5,9,11H,2-3,6-7H2,1H3. The van der Waals surface area contributed by atoms with Crippen LogP contribution < -0.4 is 5.32 Å². The van der Waals surface area contributed by atoms with E-state index in [9.17, 15) is 4.21 Å². The van der Waals surface area contributed by atoms with Crippen molar-refractivity contribution >= 4 is 10.8 Å². The van der Waals surface area contributed by atoms with Crippen LogP contribution in [0, 0.1) is 6.92 Å². The Balaban J connectivity index is 2.09. The first-order chi connectivity index (χ1) is 7.27. The number of nitrogens with one attached hydrogen (secondary N) is 1. The Hall–Kier alpha value is -0.810. The van der Waals surface area contributed by atoms with E-state index in [1.165, 1.54) is 0 Å². The Bertz CT molecular complexity index is 346. The van der Waals surface area contributed by atoms with E-state index in [4.69, 9.17) is 0 Å². The van der Waals surface area contributed by atoms with E-state index in [2.05, 4.69) is 15.5 Å². The Morgan fingerprint density at radius 3 is 2.93 bits per heavy atom. The van der Waals surface area contributed by atoms with Gasteiger partial charge in [0, 0.05) is 6.54 Å². The molecule has 2 atom stereocenters. The second kappa shape index (κ2) is 4.81. The average molecular weight is 225 g/mol. The number of hydrogen-bond donors (Lipinski definition) is 1. The zero-order chi connectivity index (χ0) is 10.7. The normalized spacial score (nSPS) is 23.7. The van der Waals surface area contributed by atoms with Crippen molar-refractivity contribution in [2.75, 3.05) is 13.1 Å². The van der Waals surface area contributed by atoms with Gasteiger partial charge in [-0.1, -0.05) is 0 Å². The van der Waals surface area contributed by atoms with Crippen molar-refractivity contribution in [3.63, 3.8) is 0 Å². The topological polar surface area (TPSA) is 54.9 Å². The molecule has 15 heavy (non-hydrogen) atoms. The Labute approximate surface area is 91.9 Å². The summed E-state index contributed by atoms with van der Waals surface area (Å²) in [7, 11) is -1.01. The van der Waals surface area contributed by atoms with E-state index < -0.39 is 10.8 Å². The molecule has 0 aliphatic carbocycles. The predicted molar refractivity (Wildman–Crippen MR) is 59.1 cm³/mol. The van der Waals surface area contributed by atoms with Crippen LogP contribution in [0.15, 0.2) is 17.2 Å². The zero-order valence-electron chi connectivity index (χ0n) is 8.77. The first kappa shape index (κ1) is 10.7. The van der Waals surface area contributed by atoms with Gasteiger partial charge in [0.25, 0.3) is 0 Å². The highest BCUT2D eigenvalue weighted by Gasteiger charge is 2.21. The summed E-state index contributed by atoms with van der Waals surface area (Å²) in [6.07, 6.45) is 2.10. The fourth-order valence-electron chi connectivity index (χ4n) is 1.67. The lowest BCUT2D eigenvalue weighted by molar-refractivity contribution is 0.518. The van der Waals surface area contributed by atoms with E-state index in [1.807, 2.05) is 19.1 Å². The number of aromatic nitrogens is 2. The average Bonchev–Trinajstić information content (AvgIpc) is 2.30. The smallest absolute Gasteiger partial charge is 0.150 e. The number of aryl methyl sites for hydroxylation is 1. The second-order valence-corrected chi connectivity index (χ2v) is 5.46. The molecule has 1 aliphatic rings. The molecule has 1 aliphatic heterocycles. The van der Waals surface area contributed by atoms with Gasteiger partial charge in [-0.25, -0.2) is 0 Å². The fraction of sp³-hybridized carbons (Fsp3) is 0.600. The largest absolute Gasteiger partial charge is 0.316 e. The van der Waals surface area contributed by atoms with E-state index in [0.29, 0.717) is 5.03 Å². The minimum atomic E-state index is -1.01. The summed E-state index contributed by atoms with van der Waals surface area (Å²) in [5, 5.41) is 12.0. The summed E-state index contributed by atoms with van der Waals surface area (Å²) in [6, 6.07) is 3.67. The molecule has 1 saturated heterocycles. The van der Waals surface area contributed by atoms with Gasteiger partial charge in [-0.05, 0) is 38.4 Å². The van der Waals surface area contributed by atoms with Crippen molar-refractivity contribution in [2.24, 2.45) is 0 Å². The van der Waals surface area contributed by atoms with Gasteiger partial charge in [-0.15, -0.1) is 5.10 Å². The van der Waals surface area contributed by atoms with E-state index in [0.717, 1.165) is 31.6 Å². The number of piperidine rings is 1. The van der Waals surface area contributed by atoms with Crippen molar-refractivity contribution in [1.29, 1.82) is 0 Å². The molecule has 1 aromatic heterocycles. The van der Waals surface area contributed by atoms with Crippen LogP contribution in [0.25, 0.3) is 0 Å². The molecule has 2 unspecified atom stereocenters. The van der Waals surface area contributed by atoms with E-state index >= 15 is 0 Å². The molecule has 0 bridgehead atoms. The lowest BCUT2D eigenvalue weighted by Gasteiger charge is -2.21. The van der Waals surface area contributed by atoms with Crippen LogP contribution in [-0.2, 0) is 10.8 Å².